The van der Waals surface area contributed by atoms with E-state index >= 15 is 0 Å². The Hall–Kier alpha value is -1.85. The molecule has 2 amide bonds. The minimum absolute atomic E-state index is 0.0577. The van der Waals surface area contributed by atoms with Gasteiger partial charge < -0.3 is 15.6 Å². The molecule has 1 heterocycles. The lowest BCUT2D eigenvalue weighted by atomic mass is 10.4. The van der Waals surface area contributed by atoms with Crippen LogP contribution in [0.4, 0.5) is 5.82 Å². The molecule has 1 aromatic heterocycles. The average molecular weight is 224 g/mol. The fourth-order valence-corrected chi connectivity index (χ4v) is 1.26. The van der Waals surface area contributed by atoms with Crippen LogP contribution in [0.2, 0.25) is 0 Å². The molecule has 0 unspecified atom stereocenters. The van der Waals surface area contributed by atoms with Gasteiger partial charge in [0, 0.05) is 18.7 Å². The van der Waals surface area contributed by atoms with Crippen LogP contribution in [-0.4, -0.2) is 21.4 Å². The molecule has 1 rings (SSSR count). The van der Waals surface area contributed by atoms with Gasteiger partial charge in [-0.3, -0.25) is 9.59 Å². The minimum Gasteiger partial charge on any atom is -0.363 e. The van der Waals surface area contributed by atoms with E-state index in [0.29, 0.717) is 12.2 Å². The molecule has 1 aromatic rings. The van der Waals surface area contributed by atoms with E-state index in [-0.39, 0.29) is 17.8 Å². The molecule has 0 saturated carbocycles. The summed E-state index contributed by atoms with van der Waals surface area (Å²) >= 11 is 0. The molecule has 16 heavy (non-hydrogen) atoms. The highest BCUT2D eigenvalue weighted by molar-refractivity contribution is 5.92. The summed E-state index contributed by atoms with van der Waals surface area (Å²) in [6, 6.07) is 0.0577. The first kappa shape index (κ1) is 12.2. The van der Waals surface area contributed by atoms with Crippen molar-refractivity contribution in [3.8, 4) is 0 Å². The monoisotopic (exact) mass is 224 g/mol. The number of nitrogens with one attached hydrogen (secondary N) is 1. The Bertz CT molecular complexity index is 409. The van der Waals surface area contributed by atoms with Crippen LogP contribution in [0, 0.1) is 0 Å². The molecule has 0 saturated heterocycles. The van der Waals surface area contributed by atoms with Gasteiger partial charge in [0.15, 0.2) is 5.82 Å². The van der Waals surface area contributed by atoms with Crippen molar-refractivity contribution in [3.05, 3.63) is 12.0 Å². The second-order valence-electron chi connectivity index (χ2n) is 3.72. The van der Waals surface area contributed by atoms with Crippen LogP contribution in [0.5, 0.6) is 0 Å². The van der Waals surface area contributed by atoms with E-state index in [0.717, 1.165) is 0 Å². The first-order valence-corrected chi connectivity index (χ1v) is 5.14. The van der Waals surface area contributed by atoms with Crippen LogP contribution in [0.25, 0.3) is 0 Å². The van der Waals surface area contributed by atoms with Gasteiger partial charge in [-0.1, -0.05) is 6.92 Å². The third-order valence-electron chi connectivity index (χ3n) is 2.10. The number of carbonyl (C=O) groups is 2. The third-order valence-corrected chi connectivity index (χ3v) is 2.10. The predicted molar refractivity (Wildman–Crippen MR) is 60.1 cm³/mol. The quantitative estimate of drug-likeness (QED) is 0.796. The number of imidazole rings is 1. The largest absolute Gasteiger partial charge is 0.363 e. The van der Waals surface area contributed by atoms with Gasteiger partial charge in [0.25, 0.3) is 5.91 Å². The number of amides is 2. The lowest BCUT2D eigenvalue weighted by Gasteiger charge is -2.07. The Morgan fingerprint density at radius 1 is 1.56 bits per heavy atom. The normalized spacial score (nSPS) is 10.5. The Morgan fingerprint density at radius 2 is 2.19 bits per heavy atom. The highest BCUT2D eigenvalue weighted by Crippen LogP contribution is 2.14. The minimum atomic E-state index is -0.606. The number of rotatable bonds is 4. The molecule has 0 radical (unpaired) electrons. The van der Waals surface area contributed by atoms with E-state index in [1.807, 2.05) is 13.8 Å². The van der Waals surface area contributed by atoms with Crippen molar-refractivity contribution in [3.63, 3.8) is 0 Å². The van der Waals surface area contributed by atoms with Crippen molar-refractivity contribution in [2.24, 2.45) is 5.73 Å². The van der Waals surface area contributed by atoms with Crippen LogP contribution in [0.1, 0.15) is 43.9 Å². The van der Waals surface area contributed by atoms with Gasteiger partial charge in [0.2, 0.25) is 11.7 Å². The van der Waals surface area contributed by atoms with Crippen LogP contribution < -0.4 is 11.1 Å². The molecule has 0 spiro atoms. The molecule has 0 aliphatic rings. The van der Waals surface area contributed by atoms with Crippen molar-refractivity contribution < 1.29 is 9.59 Å². The fraction of sp³-hybridized carbons (Fsp3) is 0.500. The van der Waals surface area contributed by atoms with Gasteiger partial charge in [0.05, 0.1) is 0 Å². The number of aromatic nitrogens is 2. The summed E-state index contributed by atoms with van der Waals surface area (Å²) in [6.45, 7) is 5.54. The highest BCUT2D eigenvalue weighted by Gasteiger charge is 2.15. The van der Waals surface area contributed by atoms with Crippen LogP contribution in [0.3, 0.4) is 0 Å². The number of carbonyl (C=O) groups excluding carboxylic acids is 2. The van der Waals surface area contributed by atoms with Crippen molar-refractivity contribution in [1.82, 2.24) is 9.55 Å². The third kappa shape index (κ3) is 2.59. The molecular formula is C10H16N4O2. The molecule has 3 N–H and O–H groups in total. The zero-order valence-corrected chi connectivity index (χ0v) is 9.65. The van der Waals surface area contributed by atoms with Crippen LogP contribution in [0.15, 0.2) is 6.20 Å². The average Bonchev–Trinajstić information content (AvgIpc) is 2.61. The standard InChI is InChI=1S/C10H16N4O2/c1-4-8(15)12-7-5-14(6(2)3)10(13-7)9(11)16/h5-6H,4H2,1-3H3,(H2,11,16)(H,12,15). The maximum absolute atomic E-state index is 11.2. The van der Waals surface area contributed by atoms with Crippen molar-refractivity contribution in [2.75, 3.05) is 5.32 Å². The van der Waals surface area contributed by atoms with Crippen molar-refractivity contribution >= 4 is 17.6 Å². The summed E-state index contributed by atoms with van der Waals surface area (Å²) in [4.78, 5) is 26.3. The molecular weight excluding hydrogens is 208 g/mol. The van der Waals surface area contributed by atoms with E-state index in [2.05, 4.69) is 10.3 Å². The summed E-state index contributed by atoms with van der Waals surface area (Å²) in [7, 11) is 0. The maximum Gasteiger partial charge on any atom is 0.284 e. The van der Waals surface area contributed by atoms with E-state index in [1.54, 1.807) is 17.7 Å². The number of anilines is 1. The lowest BCUT2D eigenvalue weighted by Crippen LogP contribution is -2.19. The molecule has 0 aromatic carbocycles. The first-order valence-electron chi connectivity index (χ1n) is 5.14. The Balaban J connectivity index is 3.02. The van der Waals surface area contributed by atoms with Gasteiger partial charge >= 0.3 is 0 Å². The molecule has 6 nitrogen and oxygen atoms in total. The van der Waals surface area contributed by atoms with Gasteiger partial charge in [-0.25, -0.2) is 4.98 Å². The molecule has 6 heteroatoms. The predicted octanol–water partition coefficient (Wildman–Crippen LogP) is 0.911. The van der Waals surface area contributed by atoms with Gasteiger partial charge in [-0.05, 0) is 13.8 Å². The molecule has 0 bridgehead atoms. The van der Waals surface area contributed by atoms with E-state index < -0.39 is 5.91 Å². The van der Waals surface area contributed by atoms with Crippen LogP contribution in [-0.2, 0) is 4.79 Å². The van der Waals surface area contributed by atoms with E-state index in [4.69, 9.17) is 5.73 Å². The Labute approximate surface area is 93.8 Å². The van der Waals surface area contributed by atoms with Gasteiger partial charge in [0.1, 0.15) is 0 Å². The Morgan fingerprint density at radius 3 is 2.56 bits per heavy atom. The maximum atomic E-state index is 11.2. The lowest BCUT2D eigenvalue weighted by molar-refractivity contribution is -0.115. The molecule has 0 aliphatic carbocycles. The second kappa shape index (κ2) is 4.78. The molecule has 0 atom stereocenters. The molecule has 0 aliphatic heterocycles. The molecule has 0 fully saturated rings. The molecule has 88 valence electrons. The van der Waals surface area contributed by atoms with Crippen molar-refractivity contribution in [2.45, 2.75) is 33.2 Å². The second-order valence-corrected chi connectivity index (χ2v) is 3.72. The van der Waals surface area contributed by atoms with Crippen LogP contribution >= 0.6 is 0 Å². The smallest absolute Gasteiger partial charge is 0.284 e. The topological polar surface area (TPSA) is 90.0 Å². The zero-order chi connectivity index (χ0) is 12.3. The summed E-state index contributed by atoms with van der Waals surface area (Å²) in [5.41, 5.74) is 5.19. The summed E-state index contributed by atoms with van der Waals surface area (Å²) in [6.07, 6.45) is 1.97. The van der Waals surface area contributed by atoms with Gasteiger partial charge in [-0.15, -0.1) is 0 Å². The van der Waals surface area contributed by atoms with Crippen molar-refractivity contribution in [1.29, 1.82) is 0 Å². The summed E-state index contributed by atoms with van der Waals surface area (Å²) < 4.78 is 1.63. The number of nitrogens with two attached hydrogens (primary N) is 1. The fourth-order valence-electron chi connectivity index (χ4n) is 1.26. The zero-order valence-electron chi connectivity index (χ0n) is 9.65. The first-order chi connectivity index (χ1) is 7.45. The number of nitrogens with zero attached hydrogens (tertiary/aromatic N) is 2. The SMILES string of the molecule is CCC(=O)Nc1cn(C(C)C)c(C(N)=O)n1. The number of hydrogen-bond donors (Lipinski definition) is 2. The Kier molecular flexibility index (Phi) is 3.65. The summed E-state index contributed by atoms with van der Waals surface area (Å²) in [5.74, 6) is -0.245. The van der Waals surface area contributed by atoms with E-state index in [9.17, 15) is 9.59 Å². The number of hydrogen-bond acceptors (Lipinski definition) is 3. The van der Waals surface area contributed by atoms with Gasteiger partial charge in [-0.2, -0.15) is 0 Å². The summed E-state index contributed by atoms with van der Waals surface area (Å²) in [5, 5.41) is 2.58. The number of primary amides is 1. The highest BCUT2D eigenvalue weighted by atomic mass is 16.2. The van der Waals surface area contributed by atoms with E-state index in [1.165, 1.54) is 0 Å².